The van der Waals surface area contributed by atoms with Crippen LogP contribution in [-0.2, 0) is 30.4 Å². The van der Waals surface area contributed by atoms with Crippen LogP contribution in [0.4, 0.5) is 0 Å². The molecule has 1 rings (SSSR count). The minimum absolute atomic E-state index is 0.0498. The molecule has 0 aliphatic heterocycles. The highest BCUT2D eigenvalue weighted by molar-refractivity contribution is 5.96. The maximum Gasteiger partial charge on any atom is 0.326 e. The zero-order chi connectivity index (χ0) is 27.3. The van der Waals surface area contributed by atoms with E-state index in [0.29, 0.717) is 31.5 Å². The van der Waals surface area contributed by atoms with Gasteiger partial charge in [0.25, 0.3) is 0 Å². The predicted molar refractivity (Wildman–Crippen MR) is 130 cm³/mol. The number of unbranched alkanes of at least 4 members (excludes halogenated alkanes) is 1. The fraction of sp³-hybridized carbons (Fsp3) is 0.636. The fourth-order valence-electron chi connectivity index (χ4n) is 3.39. The Kier molecular flexibility index (Phi) is 13.1. The Morgan fingerprint density at radius 1 is 1.00 bits per heavy atom. The Morgan fingerprint density at radius 2 is 1.61 bits per heavy atom. The number of nitrogens with two attached hydrogens (primary N) is 3. The van der Waals surface area contributed by atoms with Gasteiger partial charge in [-0.1, -0.05) is 20.3 Å². The number of aromatic amines is 1. The van der Waals surface area contributed by atoms with Crippen LogP contribution in [0.25, 0.3) is 0 Å². The summed E-state index contributed by atoms with van der Waals surface area (Å²) in [7, 11) is 0. The number of nitrogens with one attached hydrogen (secondary N) is 4. The standard InChI is InChI=1S/C22H38N8O6/c1-12(2)7-15(20(33)30-17(22(35)36)8-13-10-26-11-27-13)29-21(34)16(9-18(25)31)28-19(32)14(24)5-3-4-6-23/h10-12,14-17H,3-9,23-24H2,1-2H3,(H2,25,31)(H,26,27)(H,28,32)(H,29,34)(H,30,33)(H,35,36). The van der Waals surface area contributed by atoms with Gasteiger partial charge in [0, 0.05) is 18.3 Å². The summed E-state index contributed by atoms with van der Waals surface area (Å²) < 4.78 is 0. The first kappa shape index (κ1) is 30.5. The van der Waals surface area contributed by atoms with Crippen LogP contribution in [0.5, 0.6) is 0 Å². The zero-order valence-electron chi connectivity index (χ0n) is 20.7. The third kappa shape index (κ3) is 11.3. The molecule has 4 unspecified atom stereocenters. The number of rotatable bonds is 17. The molecule has 202 valence electrons. The summed E-state index contributed by atoms with van der Waals surface area (Å²) in [4.78, 5) is 68.2. The van der Waals surface area contributed by atoms with Crippen LogP contribution in [0.15, 0.2) is 12.5 Å². The van der Waals surface area contributed by atoms with Crippen LogP contribution in [0.2, 0.25) is 0 Å². The first-order chi connectivity index (χ1) is 16.9. The lowest BCUT2D eigenvalue weighted by Gasteiger charge is -2.25. The van der Waals surface area contributed by atoms with E-state index in [1.807, 2.05) is 13.8 Å². The van der Waals surface area contributed by atoms with Crippen molar-refractivity contribution in [3.8, 4) is 0 Å². The molecule has 1 aromatic rings. The van der Waals surface area contributed by atoms with Gasteiger partial charge in [-0.05, 0) is 31.7 Å². The number of carboxylic acids is 1. The van der Waals surface area contributed by atoms with E-state index in [1.54, 1.807) is 0 Å². The van der Waals surface area contributed by atoms with Crippen molar-refractivity contribution >= 4 is 29.6 Å². The molecule has 36 heavy (non-hydrogen) atoms. The minimum atomic E-state index is -1.36. The molecule has 4 atom stereocenters. The van der Waals surface area contributed by atoms with Crippen molar-refractivity contribution in [2.24, 2.45) is 23.1 Å². The zero-order valence-corrected chi connectivity index (χ0v) is 20.7. The largest absolute Gasteiger partial charge is 0.480 e. The maximum atomic E-state index is 13.0. The van der Waals surface area contributed by atoms with Gasteiger partial charge < -0.3 is 43.2 Å². The van der Waals surface area contributed by atoms with Crippen molar-refractivity contribution in [1.29, 1.82) is 0 Å². The molecule has 0 fully saturated rings. The number of hydrogen-bond donors (Lipinski definition) is 8. The second-order valence-corrected chi connectivity index (χ2v) is 8.99. The van der Waals surface area contributed by atoms with Crippen LogP contribution in [0.1, 0.15) is 51.6 Å². The van der Waals surface area contributed by atoms with E-state index in [9.17, 15) is 29.1 Å². The number of imidazole rings is 1. The number of aromatic nitrogens is 2. The molecule has 1 heterocycles. The molecule has 4 amide bonds. The topological polar surface area (TPSA) is 248 Å². The van der Waals surface area contributed by atoms with E-state index < -0.39 is 60.2 Å². The molecule has 0 saturated heterocycles. The van der Waals surface area contributed by atoms with Gasteiger partial charge in [-0.3, -0.25) is 19.2 Å². The molecule has 1 aromatic heterocycles. The van der Waals surface area contributed by atoms with E-state index in [0.717, 1.165) is 0 Å². The first-order valence-electron chi connectivity index (χ1n) is 11.8. The number of aliphatic carboxylic acids is 1. The Balaban J connectivity index is 2.94. The van der Waals surface area contributed by atoms with Gasteiger partial charge in [0.05, 0.1) is 18.8 Å². The van der Waals surface area contributed by atoms with Crippen molar-refractivity contribution in [1.82, 2.24) is 25.9 Å². The van der Waals surface area contributed by atoms with Crippen molar-refractivity contribution in [2.45, 2.75) is 76.5 Å². The SMILES string of the molecule is CC(C)CC(NC(=O)C(CC(N)=O)NC(=O)C(N)CCCCN)C(=O)NC(Cc1cnc[nH]1)C(=O)O. The highest BCUT2D eigenvalue weighted by Gasteiger charge is 2.31. The molecule has 0 spiro atoms. The smallest absolute Gasteiger partial charge is 0.326 e. The Morgan fingerprint density at radius 3 is 2.14 bits per heavy atom. The summed E-state index contributed by atoms with van der Waals surface area (Å²) in [6, 6.07) is -4.70. The number of primary amides is 1. The molecular formula is C22H38N8O6. The lowest BCUT2D eigenvalue weighted by molar-refractivity contribution is -0.142. The van der Waals surface area contributed by atoms with E-state index in [1.165, 1.54) is 12.5 Å². The van der Waals surface area contributed by atoms with E-state index in [4.69, 9.17) is 17.2 Å². The van der Waals surface area contributed by atoms with Gasteiger partial charge in [0.15, 0.2) is 0 Å². The molecule has 0 aromatic carbocycles. The highest BCUT2D eigenvalue weighted by atomic mass is 16.4. The van der Waals surface area contributed by atoms with Crippen molar-refractivity contribution in [3.05, 3.63) is 18.2 Å². The molecular weight excluding hydrogens is 472 g/mol. The molecule has 14 nitrogen and oxygen atoms in total. The van der Waals surface area contributed by atoms with Crippen LogP contribution < -0.4 is 33.2 Å². The molecule has 0 aliphatic carbocycles. The normalized spacial score (nSPS) is 14.4. The van der Waals surface area contributed by atoms with Gasteiger partial charge >= 0.3 is 5.97 Å². The van der Waals surface area contributed by atoms with Crippen molar-refractivity contribution in [3.63, 3.8) is 0 Å². The average Bonchev–Trinajstić information content (AvgIpc) is 3.30. The molecule has 0 bridgehead atoms. The monoisotopic (exact) mass is 510 g/mol. The van der Waals surface area contributed by atoms with Crippen LogP contribution in [-0.4, -0.2) is 75.4 Å². The van der Waals surface area contributed by atoms with Crippen LogP contribution >= 0.6 is 0 Å². The maximum absolute atomic E-state index is 13.0. The summed E-state index contributed by atoms with van der Waals surface area (Å²) in [5.41, 5.74) is 17.0. The Bertz CT molecular complexity index is 876. The van der Waals surface area contributed by atoms with Crippen LogP contribution in [0.3, 0.4) is 0 Å². The molecule has 0 saturated carbocycles. The number of carboxylic acid groups (broad SMARTS) is 1. The summed E-state index contributed by atoms with van der Waals surface area (Å²) >= 11 is 0. The fourth-order valence-corrected chi connectivity index (χ4v) is 3.39. The van der Waals surface area contributed by atoms with Gasteiger partial charge in [-0.15, -0.1) is 0 Å². The molecule has 14 heteroatoms. The summed E-state index contributed by atoms with van der Waals surface area (Å²) in [6.45, 7) is 4.08. The van der Waals surface area contributed by atoms with Crippen molar-refractivity contribution < 1.29 is 29.1 Å². The second-order valence-electron chi connectivity index (χ2n) is 8.99. The molecule has 0 radical (unpaired) electrons. The second kappa shape index (κ2) is 15.5. The van der Waals surface area contributed by atoms with E-state index in [-0.39, 0.29) is 18.8 Å². The number of carbonyl (C=O) groups is 5. The van der Waals surface area contributed by atoms with E-state index >= 15 is 0 Å². The third-order valence-corrected chi connectivity index (χ3v) is 5.28. The third-order valence-electron chi connectivity index (χ3n) is 5.28. The van der Waals surface area contributed by atoms with Gasteiger partial charge in [0.1, 0.15) is 18.1 Å². The lowest BCUT2D eigenvalue weighted by Crippen LogP contribution is -2.58. The van der Waals surface area contributed by atoms with Gasteiger partial charge in [0.2, 0.25) is 23.6 Å². The molecule has 11 N–H and O–H groups in total. The Hall–Kier alpha value is -3.52. The molecule has 0 aliphatic rings. The lowest BCUT2D eigenvalue weighted by atomic mass is 10.0. The predicted octanol–water partition coefficient (Wildman–Crippen LogP) is -2.13. The van der Waals surface area contributed by atoms with Gasteiger partial charge in [-0.2, -0.15) is 0 Å². The summed E-state index contributed by atoms with van der Waals surface area (Å²) in [5.74, 6) is -4.37. The van der Waals surface area contributed by atoms with Crippen LogP contribution in [0, 0.1) is 5.92 Å². The first-order valence-corrected chi connectivity index (χ1v) is 11.8. The number of H-pyrrole nitrogens is 1. The number of carbonyl (C=O) groups excluding carboxylic acids is 4. The van der Waals surface area contributed by atoms with Crippen molar-refractivity contribution in [2.75, 3.05) is 6.54 Å². The number of amides is 4. The Labute approximate surface area is 209 Å². The number of nitrogens with zero attached hydrogens (tertiary/aromatic N) is 1. The average molecular weight is 511 g/mol. The van der Waals surface area contributed by atoms with Gasteiger partial charge in [-0.25, -0.2) is 9.78 Å². The number of hydrogen-bond acceptors (Lipinski definition) is 8. The van der Waals surface area contributed by atoms with E-state index in [2.05, 4.69) is 25.9 Å². The summed E-state index contributed by atoms with van der Waals surface area (Å²) in [6.07, 6.45) is 4.05. The minimum Gasteiger partial charge on any atom is -0.480 e. The quantitative estimate of drug-likeness (QED) is 0.106. The summed E-state index contributed by atoms with van der Waals surface area (Å²) in [5, 5.41) is 16.9. The highest BCUT2D eigenvalue weighted by Crippen LogP contribution is 2.08.